The highest BCUT2D eigenvalue weighted by Crippen LogP contribution is 2.40. The molecule has 3 heterocycles. The van der Waals surface area contributed by atoms with Crippen LogP contribution in [-0.4, -0.2) is 40.3 Å². The predicted octanol–water partition coefficient (Wildman–Crippen LogP) is 3.54. The molecule has 0 radical (unpaired) electrons. The van der Waals surface area contributed by atoms with E-state index in [2.05, 4.69) is 20.3 Å². The number of alkyl halides is 3. The van der Waals surface area contributed by atoms with E-state index in [9.17, 15) is 18.0 Å². The van der Waals surface area contributed by atoms with Gasteiger partial charge >= 0.3 is 12.3 Å². The number of aromatic nitrogens is 2. The van der Waals surface area contributed by atoms with E-state index in [1.165, 1.54) is 37.4 Å². The first kappa shape index (κ1) is 23.2. The van der Waals surface area contributed by atoms with E-state index in [0.29, 0.717) is 0 Å². The van der Waals surface area contributed by atoms with Crippen LogP contribution in [0.15, 0.2) is 35.5 Å². The van der Waals surface area contributed by atoms with E-state index in [4.69, 9.17) is 32.1 Å². The lowest BCUT2D eigenvalue weighted by molar-refractivity contribution is -0.249. The van der Waals surface area contributed by atoms with Crippen molar-refractivity contribution in [2.45, 2.75) is 31.2 Å². The zero-order valence-electron chi connectivity index (χ0n) is 16.7. The van der Waals surface area contributed by atoms with Crippen LogP contribution in [-0.2, 0) is 10.3 Å². The Morgan fingerprint density at radius 3 is 2.72 bits per heavy atom. The van der Waals surface area contributed by atoms with E-state index >= 15 is 0 Å². The number of anilines is 1. The SMILES string of the molecule is C[C@@]1(c2cccc(NC(=O)Oc3ncc(C#N)cc3Cl)n2)CO[C@@](C)(C(F)(F)F)C(N)=N1. The molecule has 2 aromatic heterocycles. The van der Waals surface area contributed by atoms with Gasteiger partial charge in [-0.1, -0.05) is 17.7 Å². The molecule has 13 heteroatoms. The molecule has 32 heavy (non-hydrogen) atoms. The van der Waals surface area contributed by atoms with Crippen LogP contribution < -0.4 is 15.8 Å². The summed E-state index contributed by atoms with van der Waals surface area (Å²) >= 11 is 5.91. The van der Waals surface area contributed by atoms with Crippen molar-refractivity contribution in [2.75, 3.05) is 11.9 Å². The first-order valence-electron chi connectivity index (χ1n) is 8.96. The van der Waals surface area contributed by atoms with Crippen molar-refractivity contribution in [3.8, 4) is 11.9 Å². The van der Waals surface area contributed by atoms with Crippen LogP contribution in [0.25, 0.3) is 0 Å². The summed E-state index contributed by atoms with van der Waals surface area (Å²) in [5.41, 5.74) is 1.95. The number of carbonyl (C=O) groups excluding carboxylic acids is 1. The number of aliphatic imine (C=N–C) groups is 1. The molecule has 0 fully saturated rings. The van der Waals surface area contributed by atoms with Gasteiger partial charge in [0.1, 0.15) is 28.3 Å². The minimum atomic E-state index is -4.75. The minimum absolute atomic E-state index is 0.0245. The molecule has 0 aliphatic carbocycles. The van der Waals surface area contributed by atoms with Crippen molar-refractivity contribution in [3.05, 3.63) is 46.7 Å². The van der Waals surface area contributed by atoms with Crippen LogP contribution in [0, 0.1) is 11.3 Å². The fraction of sp³-hybridized carbons (Fsp3) is 0.316. The standard InChI is InChI=1S/C19H16ClF3N6O3/c1-17(9-31-18(2,15(25)29-17)19(21,22)23)12-4-3-5-13(27-12)28-16(30)32-14-11(20)6-10(7-24)8-26-14/h3-6,8H,9H2,1-2H3,(H2,25,29)(H,27,28,30)/t17-,18+/m0/s1. The van der Waals surface area contributed by atoms with Crippen LogP contribution in [0.1, 0.15) is 25.1 Å². The molecular formula is C19H16ClF3N6O3. The maximum atomic E-state index is 13.3. The zero-order chi connectivity index (χ0) is 23.7. The number of nitrogens with one attached hydrogen (secondary N) is 1. The number of pyridine rings is 2. The van der Waals surface area contributed by atoms with Gasteiger partial charge in [-0.25, -0.2) is 14.8 Å². The van der Waals surface area contributed by atoms with Gasteiger partial charge in [0.2, 0.25) is 11.5 Å². The van der Waals surface area contributed by atoms with Crippen molar-refractivity contribution in [1.82, 2.24) is 9.97 Å². The molecule has 0 spiro atoms. The third kappa shape index (κ3) is 4.44. The molecule has 2 atom stereocenters. The fourth-order valence-corrected chi connectivity index (χ4v) is 2.91. The van der Waals surface area contributed by atoms with Crippen LogP contribution in [0.2, 0.25) is 5.02 Å². The number of amides is 1. The van der Waals surface area contributed by atoms with Gasteiger partial charge in [0.25, 0.3) is 0 Å². The summed E-state index contributed by atoms with van der Waals surface area (Å²) in [5, 5.41) is 11.1. The Balaban J connectivity index is 1.79. The molecule has 0 aromatic carbocycles. The molecule has 0 saturated heterocycles. The number of hydrogen-bond donors (Lipinski definition) is 2. The third-order valence-electron chi connectivity index (χ3n) is 4.70. The Labute approximate surface area is 185 Å². The van der Waals surface area contributed by atoms with Gasteiger partial charge in [-0.05, 0) is 32.0 Å². The normalized spacial score (nSPS) is 23.1. The largest absolute Gasteiger partial charge is 0.424 e. The van der Waals surface area contributed by atoms with Crippen LogP contribution in [0.3, 0.4) is 0 Å². The molecule has 3 rings (SSSR count). The van der Waals surface area contributed by atoms with Gasteiger partial charge < -0.3 is 15.2 Å². The highest BCUT2D eigenvalue weighted by Gasteiger charge is 2.59. The Hall–Kier alpha value is -3.43. The molecule has 1 aliphatic rings. The number of nitrogens with zero attached hydrogens (tertiary/aromatic N) is 4. The third-order valence-corrected chi connectivity index (χ3v) is 4.97. The summed E-state index contributed by atoms with van der Waals surface area (Å²) in [7, 11) is 0. The number of amidine groups is 1. The second-order valence-corrected chi connectivity index (χ2v) is 7.54. The molecule has 168 valence electrons. The first-order valence-corrected chi connectivity index (χ1v) is 9.34. The van der Waals surface area contributed by atoms with E-state index in [0.717, 1.165) is 6.92 Å². The number of hydrogen-bond acceptors (Lipinski definition) is 8. The summed E-state index contributed by atoms with van der Waals surface area (Å²) in [6.45, 7) is 1.85. The molecular weight excluding hydrogens is 453 g/mol. The predicted molar refractivity (Wildman–Crippen MR) is 107 cm³/mol. The fourth-order valence-electron chi connectivity index (χ4n) is 2.71. The van der Waals surface area contributed by atoms with E-state index < -0.39 is 35.9 Å². The van der Waals surface area contributed by atoms with Crippen LogP contribution >= 0.6 is 11.6 Å². The number of ether oxygens (including phenoxy) is 2. The molecule has 9 nitrogen and oxygen atoms in total. The number of nitriles is 1. The zero-order valence-corrected chi connectivity index (χ0v) is 17.5. The molecule has 1 aliphatic heterocycles. The van der Waals surface area contributed by atoms with Gasteiger partial charge in [0.15, 0.2) is 0 Å². The second kappa shape index (κ2) is 8.25. The topological polar surface area (TPSA) is 136 Å². The van der Waals surface area contributed by atoms with E-state index in [1.54, 1.807) is 0 Å². The highest BCUT2D eigenvalue weighted by atomic mass is 35.5. The molecule has 2 aromatic rings. The van der Waals surface area contributed by atoms with Crippen molar-refractivity contribution < 1.29 is 27.4 Å². The molecule has 0 bridgehead atoms. The van der Waals surface area contributed by atoms with Crippen LogP contribution in [0.5, 0.6) is 5.88 Å². The minimum Gasteiger partial charge on any atom is -0.389 e. The van der Waals surface area contributed by atoms with Gasteiger partial charge in [-0.15, -0.1) is 0 Å². The Morgan fingerprint density at radius 1 is 1.41 bits per heavy atom. The average Bonchev–Trinajstić information content (AvgIpc) is 2.72. The first-order chi connectivity index (χ1) is 14.9. The summed E-state index contributed by atoms with van der Waals surface area (Å²) < 4.78 is 49.9. The van der Waals surface area contributed by atoms with Crippen molar-refractivity contribution in [2.24, 2.45) is 10.7 Å². The maximum absolute atomic E-state index is 13.3. The molecule has 3 N–H and O–H groups in total. The summed E-state index contributed by atoms with van der Waals surface area (Å²) in [5.74, 6) is -0.938. The summed E-state index contributed by atoms with van der Waals surface area (Å²) in [6.07, 6.45) is -4.55. The van der Waals surface area contributed by atoms with Crippen molar-refractivity contribution >= 4 is 29.3 Å². The van der Waals surface area contributed by atoms with E-state index in [-0.39, 0.29) is 28.0 Å². The lowest BCUT2D eigenvalue weighted by atomic mass is 9.93. The number of nitrogens with two attached hydrogens (primary N) is 1. The van der Waals surface area contributed by atoms with Crippen LogP contribution in [0.4, 0.5) is 23.8 Å². The van der Waals surface area contributed by atoms with Gasteiger partial charge in [0, 0.05) is 6.20 Å². The number of halogens is 4. The Kier molecular flexibility index (Phi) is 5.99. The van der Waals surface area contributed by atoms with Crippen molar-refractivity contribution in [3.63, 3.8) is 0 Å². The Morgan fingerprint density at radius 2 is 2.12 bits per heavy atom. The summed E-state index contributed by atoms with van der Waals surface area (Å²) in [4.78, 5) is 24.2. The molecule has 0 unspecified atom stereocenters. The average molecular weight is 469 g/mol. The highest BCUT2D eigenvalue weighted by molar-refractivity contribution is 6.32. The smallest absolute Gasteiger partial charge is 0.389 e. The van der Waals surface area contributed by atoms with Gasteiger partial charge in [-0.3, -0.25) is 10.3 Å². The maximum Gasteiger partial charge on any atom is 0.424 e. The quantitative estimate of drug-likeness (QED) is 0.703. The second-order valence-electron chi connectivity index (χ2n) is 7.14. The number of carbonyl (C=O) groups is 1. The van der Waals surface area contributed by atoms with E-state index in [1.807, 2.05) is 6.07 Å². The lowest BCUT2D eigenvalue weighted by Crippen LogP contribution is -2.60. The molecule has 1 amide bonds. The monoisotopic (exact) mass is 468 g/mol. The summed E-state index contributed by atoms with van der Waals surface area (Å²) in [6, 6.07) is 7.56. The van der Waals surface area contributed by atoms with Crippen molar-refractivity contribution in [1.29, 1.82) is 5.26 Å². The Bertz CT molecular complexity index is 1140. The van der Waals surface area contributed by atoms with Gasteiger partial charge in [-0.2, -0.15) is 18.4 Å². The molecule has 0 saturated carbocycles. The lowest BCUT2D eigenvalue weighted by Gasteiger charge is -2.40. The number of rotatable bonds is 3. The van der Waals surface area contributed by atoms with Gasteiger partial charge in [0.05, 0.1) is 17.9 Å².